The number of aromatic carboxylic acids is 1. The van der Waals surface area contributed by atoms with Crippen LogP contribution in [0.3, 0.4) is 0 Å². The summed E-state index contributed by atoms with van der Waals surface area (Å²) < 4.78 is 10.1. The van der Waals surface area contributed by atoms with Gasteiger partial charge in [0.15, 0.2) is 11.5 Å². The molecule has 0 atom stereocenters. The third kappa shape index (κ3) is 2.23. The minimum Gasteiger partial charge on any atom is -0.545 e. The summed E-state index contributed by atoms with van der Waals surface area (Å²) in [5, 5.41) is 19.6. The maximum atomic E-state index is 10.9. The van der Waals surface area contributed by atoms with Crippen molar-refractivity contribution in [2.24, 2.45) is 0 Å². The van der Waals surface area contributed by atoms with Gasteiger partial charge in [0.05, 0.1) is 31.3 Å². The van der Waals surface area contributed by atoms with E-state index in [2.05, 4.69) is 0 Å². The van der Waals surface area contributed by atoms with Crippen molar-refractivity contribution >= 4 is 5.97 Å². The lowest BCUT2D eigenvalue weighted by Crippen LogP contribution is -2.23. The zero-order valence-corrected chi connectivity index (χ0v) is 8.94. The van der Waals surface area contributed by atoms with Gasteiger partial charge in [-0.3, -0.25) is 0 Å². The molecule has 84 valence electrons. The summed E-state index contributed by atoms with van der Waals surface area (Å²) in [4.78, 5) is 10.9. The molecule has 0 saturated carbocycles. The maximum Gasteiger partial charge on any atom is 0.170 e. The molecule has 1 rings (SSSR count). The molecule has 0 aromatic heterocycles. The summed E-state index contributed by atoms with van der Waals surface area (Å²) in [6.07, 6.45) is 0. The first-order valence-electron chi connectivity index (χ1n) is 4.60. The van der Waals surface area contributed by atoms with Crippen LogP contribution in [0.4, 0.5) is 0 Å². The summed E-state index contributed by atoms with van der Waals surface area (Å²) in [5.74, 6) is -1.11. The molecule has 0 unspecified atom stereocenters. The number of hydrogen-bond donors (Lipinski definition) is 0. The van der Waals surface area contributed by atoms with Gasteiger partial charge in [0, 0.05) is 11.6 Å². The Morgan fingerprint density at radius 1 is 1.56 bits per heavy atom. The van der Waals surface area contributed by atoms with Gasteiger partial charge < -0.3 is 19.4 Å². The second kappa shape index (κ2) is 5.03. The first-order chi connectivity index (χ1) is 7.63. The fourth-order valence-corrected chi connectivity index (χ4v) is 1.26. The van der Waals surface area contributed by atoms with Crippen molar-refractivity contribution in [1.82, 2.24) is 0 Å². The van der Waals surface area contributed by atoms with E-state index < -0.39 is 5.97 Å². The Kier molecular flexibility index (Phi) is 3.72. The molecule has 0 saturated heterocycles. The van der Waals surface area contributed by atoms with Crippen LogP contribution in [0.1, 0.15) is 22.8 Å². The van der Waals surface area contributed by atoms with E-state index in [0.29, 0.717) is 6.61 Å². The van der Waals surface area contributed by atoms with Crippen molar-refractivity contribution in [2.75, 3.05) is 13.7 Å². The molecule has 0 amide bonds. The van der Waals surface area contributed by atoms with Crippen molar-refractivity contribution in [2.45, 2.75) is 6.92 Å². The summed E-state index contributed by atoms with van der Waals surface area (Å²) in [6.45, 7) is 2.01. The predicted octanol–water partition coefficient (Wildman–Crippen LogP) is 0.329. The number of methoxy groups -OCH3 is 1. The zero-order chi connectivity index (χ0) is 12.1. The van der Waals surface area contributed by atoms with Crippen LogP contribution in [0.25, 0.3) is 0 Å². The highest BCUT2D eigenvalue weighted by molar-refractivity contribution is 5.91. The third-order valence-electron chi connectivity index (χ3n) is 1.91. The topological polar surface area (TPSA) is 82.4 Å². The van der Waals surface area contributed by atoms with Gasteiger partial charge in [0.2, 0.25) is 0 Å². The predicted molar refractivity (Wildman–Crippen MR) is 53.2 cm³/mol. The van der Waals surface area contributed by atoms with Gasteiger partial charge in [-0.15, -0.1) is 0 Å². The molecular weight excluding hydrogens is 210 g/mol. The SMILES string of the molecule is CCOc1c(OC)cc(C#N)cc1C(=O)[O-]. The number of rotatable bonds is 4. The number of hydrogen-bond acceptors (Lipinski definition) is 5. The van der Waals surface area contributed by atoms with E-state index in [0.717, 1.165) is 0 Å². The largest absolute Gasteiger partial charge is 0.545 e. The van der Waals surface area contributed by atoms with Crippen LogP contribution in [0.5, 0.6) is 11.5 Å². The molecule has 0 fully saturated rings. The van der Waals surface area contributed by atoms with Crippen molar-refractivity contribution < 1.29 is 19.4 Å². The van der Waals surface area contributed by atoms with E-state index in [1.54, 1.807) is 6.92 Å². The first-order valence-corrected chi connectivity index (χ1v) is 4.60. The van der Waals surface area contributed by atoms with Crippen molar-refractivity contribution in [3.8, 4) is 17.6 Å². The smallest absolute Gasteiger partial charge is 0.170 e. The number of carbonyl (C=O) groups excluding carboxylic acids is 1. The molecule has 5 heteroatoms. The maximum absolute atomic E-state index is 10.9. The number of nitriles is 1. The van der Waals surface area contributed by atoms with Gasteiger partial charge in [-0.25, -0.2) is 0 Å². The molecule has 0 heterocycles. The molecule has 0 bridgehead atoms. The Morgan fingerprint density at radius 3 is 2.69 bits per heavy atom. The Labute approximate surface area is 92.8 Å². The molecule has 1 aromatic rings. The molecular formula is C11H10NO4-. The van der Waals surface area contributed by atoms with Crippen LogP contribution in [-0.2, 0) is 0 Å². The van der Waals surface area contributed by atoms with Crippen LogP contribution < -0.4 is 14.6 Å². The molecule has 0 aliphatic heterocycles. The number of ether oxygens (including phenoxy) is 2. The number of nitrogens with zero attached hydrogens (tertiary/aromatic N) is 1. The second-order valence-electron chi connectivity index (χ2n) is 2.89. The minimum absolute atomic E-state index is 0.0870. The average molecular weight is 220 g/mol. The Bertz CT molecular complexity index is 448. The number of carbonyl (C=O) groups is 1. The quantitative estimate of drug-likeness (QED) is 0.730. The molecule has 0 aliphatic carbocycles. The first kappa shape index (κ1) is 11.9. The van der Waals surface area contributed by atoms with Crippen LogP contribution in [0.2, 0.25) is 0 Å². The molecule has 16 heavy (non-hydrogen) atoms. The van der Waals surface area contributed by atoms with E-state index >= 15 is 0 Å². The van der Waals surface area contributed by atoms with E-state index in [9.17, 15) is 9.90 Å². The highest BCUT2D eigenvalue weighted by Gasteiger charge is 2.13. The van der Waals surface area contributed by atoms with Crippen LogP contribution in [0, 0.1) is 11.3 Å². The fourth-order valence-electron chi connectivity index (χ4n) is 1.26. The highest BCUT2D eigenvalue weighted by Crippen LogP contribution is 2.32. The molecule has 5 nitrogen and oxygen atoms in total. The Balaban J connectivity index is 3.42. The molecule has 1 aromatic carbocycles. The van der Waals surface area contributed by atoms with E-state index in [4.69, 9.17) is 14.7 Å². The molecule has 0 radical (unpaired) electrons. The van der Waals surface area contributed by atoms with Crippen LogP contribution in [0.15, 0.2) is 12.1 Å². The van der Waals surface area contributed by atoms with Crippen molar-refractivity contribution in [3.63, 3.8) is 0 Å². The molecule has 0 N–H and O–H groups in total. The molecule has 0 spiro atoms. The summed E-state index contributed by atoms with van der Waals surface area (Å²) in [6, 6.07) is 4.45. The highest BCUT2D eigenvalue weighted by atomic mass is 16.5. The standard InChI is InChI=1S/C11H11NO4/c1-3-16-10-8(11(13)14)4-7(6-12)5-9(10)15-2/h4-5H,3H2,1-2H3,(H,13,14)/p-1. The summed E-state index contributed by atoms with van der Waals surface area (Å²) in [5.41, 5.74) is -0.00254. The van der Waals surface area contributed by atoms with E-state index in [1.807, 2.05) is 6.07 Å². The van der Waals surface area contributed by atoms with Gasteiger partial charge in [-0.05, 0) is 13.0 Å². The lowest BCUT2D eigenvalue weighted by Gasteiger charge is -2.15. The van der Waals surface area contributed by atoms with Gasteiger partial charge in [-0.2, -0.15) is 5.26 Å². The van der Waals surface area contributed by atoms with Crippen molar-refractivity contribution in [3.05, 3.63) is 23.3 Å². The third-order valence-corrected chi connectivity index (χ3v) is 1.91. The van der Waals surface area contributed by atoms with E-state index in [-0.39, 0.29) is 22.6 Å². The van der Waals surface area contributed by atoms with Gasteiger partial charge in [0.1, 0.15) is 0 Å². The monoisotopic (exact) mass is 220 g/mol. The van der Waals surface area contributed by atoms with Gasteiger partial charge in [0.25, 0.3) is 0 Å². The zero-order valence-electron chi connectivity index (χ0n) is 8.94. The number of carboxylic acid groups (broad SMARTS) is 1. The van der Waals surface area contributed by atoms with Crippen LogP contribution >= 0.6 is 0 Å². The number of carboxylic acids is 1. The normalized spacial score (nSPS) is 9.31. The van der Waals surface area contributed by atoms with Crippen molar-refractivity contribution in [1.29, 1.82) is 5.26 Å². The van der Waals surface area contributed by atoms with Gasteiger partial charge in [-0.1, -0.05) is 0 Å². The van der Waals surface area contributed by atoms with E-state index in [1.165, 1.54) is 19.2 Å². The summed E-state index contributed by atoms with van der Waals surface area (Å²) in [7, 11) is 1.37. The average Bonchev–Trinajstić information content (AvgIpc) is 2.29. The Morgan fingerprint density at radius 2 is 2.25 bits per heavy atom. The Hall–Kier alpha value is -2.22. The number of benzene rings is 1. The lowest BCUT2D eigenvalue weighted by atomic mass is 10.1. The van der Waals surface area contributed by atoms with Crippen LogP contribution in [-0.4, -0.2) is 19.7 Å². The second-order valence-corrected chi connectivity index (χ2v) is 2.89. The summed E-state index contributed by atoms with van der Waals surface area (Å²) >= 11 is 0. The lowest BCUT2D eigenvalue weighted by molar-refractivity contribution is -0.255. The fraction of sp³-hybridized carbons (Fsp3) is 0.273. The van der Waals surface area contributed by atoms with Gasteiger partial charge >= 0.3 is 0 Å². The minimum atomic E-state index is -1.40. The molecule has 0 aliphatic rings.